The van der Waals surface area contributed by atoms with E-state index < -0.39 is 0 Å². The molecule has 1 amide bonds. The van der Waals surface area contributed by atoms with Gasteiger partial charge in [-0.2, -0.15) is 0 Å². The lowest BCUT2D eigenvalue weighted by Crippen LogP contribution is -2.36. The van der Waals surface area contributed by atoms with Gasteiger partial charge >= 0.3 is 0 Å². The maximum absolute atomic E-state index is 12.5. The topological polar surface area (TPSA) is 54.5 Å². The van der Waals surface area contributed by atoms with Crippen LogP contribution >= 0.6 is 15.9 Å². The van der Waals surface area contributed by atoms with Crippen LogP contribution in [0.3, 0.4) is 0 Å². The summed E-state index contributed by atoms with van der Waals surface area (Å²) in [5.74, 6) is 0.727. The number of halogens is 1. The van der Waals surface area contributed by atoms with E-state index in [1.165, 1.54) is 12.8 Å². The third-order valence-electron chi connectivity index (χ3n) is 4.48. The fraction of sp³-hybridized carbons (Fsp3) is 0.368. The highest BCUT2D eigenvalue weighted by Gasteiger charge is 2.24. The predicted molar refractivity (Wildman–Crippen MR) is 101 cm³/mol. The van der Waals surface area contributed by atoms with E-state index in [1.54, 1.807) is 25.6 Å². The van der Waals surface area contributed by atoms with Crippen LogP contribution < -0.4 is 10.1 Å². The Morgan fingerprint density at radius 2 is 2.12 bits per heavy atom. The first kappa shape index (κ1) is 17.9. The minimum Gasteiger partial charge on any atom is -0.497 e. The van der Waals surface area contributed by atoms with Gasteiger partial charge in [-0.05, 0) is 65.6 Å². The smallest absolute Gasteiger partial charge is 0.252 e. The summed E-state index contributed by atoms with van der Waals surface area (Å²) in [4.78, 5) is 18.9. The van der Waals surface area contributed by atoms with Crippen molar-refractivity contribution < 1.29 is 9.53 Å². The van der Waals surface area contributed by atoms with Crippen LogP contribution in [-0.4, -0.2) is 42.5 Å². The van der Waals surface area contributed by atoms with Gasteiger partial charge in [0.15, 0.2) is 0 Å². The molecule has 1 aromatic carbocycles. The SMILES string of the molecule is COc1cccc(C(CNC(=O)c2cncc(Br)c2)N2CCCC2)c1. The molecule has 1 aromatic heterocycles. The third-order valence-corrected chi connectivity index (χ3v) is 4.92. The van der Waals surface area contributed by atoms with Crippen molar-refractivity contribution >= 4 is 21.8 Å². The molecule has 132 valence electrons. The molecule has 25 heavy (non-hydrogen) atoms. The number of hydrogen-bond acceptors (Lipinski definition) is 4. The van der Waals surface area contributed by atoms with Crippen molar-refractivity contribution in [3.05, 3.63) is 58.3 Å². The molecular weight excluding hydrogens is 382 g/mol. The zero-order valence-electron chi connectivity index (χ0n) is 14.2. The molecule has 0 bridgehead atoms. The van der Waals surface area contributed by atoms with Crippen molar-refractivity contribution in [3.63, 3.8) is 0 Å². The number of pyridine rings is 1. The number of rotatable bonds is 6. The normalized spacial score (nSPS) is 15.8. The first-order valence-corrected chi connectivity index (χ1v) is 9.23. The van der Waals surface area contributed by atoms with Crippen molar-refractivity contribution in [1.29, 1.82) is 0 Å². The second-order valence-electron chi connectivity index (χ2n) is 6.14. The summed E-state index contributed by atoms with van der Waals surface area (Å²) in [6, 6.07) is 10.0. The molecule has 2 heterocycles. The van der Waals surface area contributed by atoms with E-state index in [2.05, 4.69) is 43.3 Å². The number of likely N-dealkylation sites (tertiary alicyclic amines) is 1. The molecular formula is C19H22BrN3O2. The summed E-state index contributed by atoms with van der Waals surface area (Å²) in [7, 11) is 1.67. The number of amides is 1. The van der Waals surface area contributed by atoms with E-state index in [4.69, 9.17) is 4.74 Å². The van der Waals surface area contributed by atoms with Crippen molar-refractivity contribution in [2.24, 2.45) is 0 Å². The monoisotopic (exact) mass is 403 g/mol. The molecule has 5 nitrogen and oxygen atoms in total. The van der Waals surface area contributed by atoms with Crippen LogP contribution in [0.2, 0.25) is 0 Å². The molecule has 3 rings (SSSR count). The Balaban J connectivity index is 1.74. The number of nitrogens with zero attached hydrogens (tertiary/aromatic N) is 2. The van der Waals surface area contributed by atoms with Crippen LogP contribution in [0.25, 0.3) is 0 Å². The number of ether oxygens (including phenoxy) is 1. The highest BCUT2D eigenvalue weighted by atomic mass is 79.9. The average molecular weight is 404 g/mol. The highest BCUT2D eigenvalue weighted by Crippen LogP contribution is 2.27. The lowest BCUT2D eigenvalue weighted by atomic mass is 10.0. The standard InChI is InChI=1S/C19H22BrN3O2/c1-25-17-6-4-5-14(10-17)18(23-7-2-3-8-23)13-22-19(24)15-9-16(20)12-21-11-15/h4-6,9-12,18H,2-3,7-8,13H2,1H3,(H,22,24). The van der Waals surface area contributed by atoms with Gasteiger partial charge in [0.25, 0.3) is 5.91 Å². The molecule has 6 heteroatoms. The Bertz CT molecular complexity index is 732. The number of hydrogen-bond donors (Lipinski definition) is 1. The predicted octanol–water partition coefficient (Wildman–Crippen LogP) is 3.42. The van der Waals surface area contributed by atoms with Gasteiger partial charge in [0.1, 0.15) is 5.75 Å². The maximum Gasteiger partial charge on any atom is 0.252 e. The van der Waals surface area contributed by atoms with Crippen LogP contribution in [0.5, 0.6) is 5.75 Å². The van der Waals surface area contributed by atoms with Crippen molar-refractivity contribution in [2.75, 3.05) is 26.7 Å². The zero-order valence-corrected chi connectivity index (χ0v) is 15.8. The second-order valence-corrected chi connectivity index (χ2v) is 7.05. The maximum atomic E-state index is 12.5. The minimum absolute atomic E-state index is 0.110. The quantitative estimate of drug-likeness (QED) is 0.802. The lowest BCUT2D eigenvalue weighted by molar-refractivity contribution is 0.0937. The van der Waals surface area contributed by atoms with Crippen LogP contribution in [0.15, 0.2) is 47.2 Å². The molecule has 1 unspecified atom stereocenters. The van der Waals surface area contributed by atoms with Crippen LogP contribution in [-0.2, 0) is 0 Å². The number of carbonyl (C=O) groups excluding carboxylic acids is 1. The molecule has 1 N–H and O–H groups in total. The molecule has 1 aliphatic rings. The summed E-state index contributed by atoms with van der Waals surface area (Å²) in [6.45, 7) is 2.66. The first-order chi connectivity index (χ1) is 12.2. The molecule has 1 fully saturated rings. The molecule has 0 radical (unpaired) electrons. The highest BCUT2D eigenvalue weighted by molar-refractivity contribution is 9.10. The van der Waals surface area contributed by atoms with Gasteiger partial charge in [-0.1, -0.05) is 12.1 Å². The van der Waals surface area contributed by atoms with Crippen LogP contribution in [0, 0.1) is 0 Å². The summed E-state index contributed by atoms with van der Waals surface area (Å²) < 4.78 is 6.15. The Hall–Kier alpha value is -1.92. The number of aromatic nitrogens is 1. The Labute approximate surface area is 156 Å². The molecule has 0 saturated carbocycles. The van der Waals surface area contributed by atoms with Gasteiger partial charge in [-0.3, -0.25) is 14.7 Å². The zero-order chi connectivity index (χ0) is 17.6. The second kappa shape index (κ2) is 8.45. The van der Waals surface area contributed by atoms with E-state index in [9.17, 15) is 4.79 Å². The van der Waals surface area contributed by atoms with Crippen molar-refractivity contribution in [1.82, 2.24) is 15.2 Å². The molecule has 1 aliphatic heterocycles. The fourth-order valence-electron chi connectivity index (χ4n) is 3.19. The number of benzene rings is 1. The van der Waals surface area contributed by atoms with E-state index in [0.29, 0.717) is 12.1 Å². The lowest BCUT2D eigenvalue weighted by Gasteiger charge is -2.28. The van der Waals surface area contributed by atoms with Gasteiger partial charge in [0.05, 0.1) is 18.7 Å². The third kappa shape index (κ3) is 4.58. The number of nitrogens with one attached hydrogen (secondary N) is 1. The van der Waals surface area contributed by atoms with Gasteiger partial charge in [-0.25, -0.2) is 0 Å². The summed E-state index contributed by atoms with van der Waals surface area (Å²) in [6.07, 6.45) is 5.64. The fourth-order valence-corrected chi connectivity index (χ4v) is 3.55. The molecule has 0 spiro atoms. The van der Waals surface area contributed by atoms with E-state index in [0.717, 1.165) is 28.9 Å². The van der Waals surface area contributed by atoms with E-state index in [-0.39, 0.29) is 11.9 Å². The molecule has 0 aliphatic carbocycles. The van der Waals surface area contributed by atoms with Gasteiger partial charge < -0.3 is 10.1 Å². The Morgan fingerprint density at radius 3 is 2.84 bits per heavy atom. The van der Waals surface area contributed by atoms with Crippen LogP contribution in [0.1, 0.15) is 34.8 Å². The number of carbonyl (C=O) groups is 1. The first-order valence-electron chi connectivity index (χ1n) is 8.44. The molecule has 1 saturated heterocycles. The van der Waals surface area contributed by atoms with Crippen molar-refractivity contribution in [2.45, 2.75) is 18.9 Å². The average Bonchev–Trinajstić information content (AvgIpc) is 3.16. The van der Waals surface area contributed by atoms with E-state index in [1.807, 2.05) is 12.1 Å². The Morgan fingerprint density at radius 1 is 1.32 bits per heavy atom. The van der Waals surface area contributed by atoms with Gasteiger partial charge in [-0.15, -0.1) is 0 Å². The van der Waals surface area contributed by atoms with Crippen molar-refractivity contribution in [3.8, 4) is 5.75 Å². The van der Waals surface area contributed by atoms with Crippen LogP contribution in [0.4, 0.5) is 0 Å². The Kier molecular flexibility index (Phi) is 6.04. The molecule has 2 aromatic rings. The largest absolute Gasteiger partial charge is 0.497 e. The van der Waals surface area contributed by atoms with E-state index >= 15 is 0 Å². The summed E-state index contributed by atoms with van der Waals surface area (Å²) in [5.41, 5.74) is 1.72. The summed E-state index contributed by atoms with van der Waals surface area (Å²) in [5, 5.41) is 3.06. The minimum atomic E-state index is -0.110. The van der Waals surface area contributed by atoms with Gasteiger partial charge in [0, 0.05) is 23.4 Å². The van der Waals surface area contributed by atoms with Gasteiger partial charge in [0.2, 0.25) is 0 Å². The number of methoxy groups -OCH3 is 1. The summed E-state index contributed by atoms with van der Waals surface area (Å²) >= 11 is 3.35. The molecule has 1 atom stereocenters.